The van der Waals surface area contributed by atoms with E-state index in [0.717, 1.165) is 16.5 Å². The third-order valence-corrected chi connectivity index (χ3v) is 4.18. The van der Waals surface area contributed by atoms with Crippen molar-refractivity contribution in [1.82, 2.24) is 9.88 Å². The smallest absolute Gasteiger partial charge is 0.254 e. The van der Waals surface area contributed by atoms with Crippen LogP contribution in [0, 0.1) is 19.3 Å². The molecule has 0 fully saturated rings. The van der Waals surface area contributed by atoms with Gasteiger partial charge in [0.1, 0.15) is 5.15 Å². The first-order chi connectivity index (χ1) is 12.1. The molecule has 3 rings (SSSR count). The van der Waals surface area contributed by atoms with Crippen molar-refractivity contribution in [2.24, 2.45) is 0 Å². The summed E-state index contributed by atoms with van der Waals surface area (Å²) < 4.78 is 0. The summed E-state index contributed by atoms with van der Waals surface area (Å²) in [4.78, 5) is 18.8. The van der Waals surface area contributed by atoms with Gasteiger partial charge in [-0.2, -0.15) is 0 Å². The zero-order valence-electron chi connectivity index (χ0n) is 13.9. The number of halogens is 1. The summed E-state index contributed by atoms with van der Waals surface area (Å²) in [7, 11) is 0. The first-order valence-corrected chi connectivity index (χ1v) is 8.29. The number of benzene rings is 2. The summed E-state index contributed by atoms with van der Waals surface area (Å²) >= 11 is 5.91. The minimum atomic E-state index is -0.102. The Balaban J connectivity index is 1.88. The van der Waals surface area contributed by atoms with Crippen molar-refractivity contribution in [3.05, 3.63) is 76.4 Å². The molecule has 0 aliphatic heterocycles. The van der Waals surface area contributed by atoms with Crippen LogP contribution in [0.1, 0.15) is 21.5 Å². The molecule has 0 atom stereocenters. The SMILES string of the molecule is C#CCN(Cc1ccc(C)cc1)C(=O)c1ccc2nc(Cl)ccc2c1. The van der Waals surface area contributed by atoms with Crippen molar-refractivity contribution in [2.75, 3.05) is 6.54 Å². The molecule has 0 radical (unpaired) electrons. The molecule has 0 bridgehead atoms. The normalized spacial score (nSPS) is 10.4. The number of rotatable bonds is 4. The second-order valence-electron chi connectivity index (χ2n) is 5.89. The molecule has 0 saturated carbocycles. The number of hydrogen-bond donors (Lipinski definition) is 0. The minimum Gasteiger partial charge on any atom is -0.323 e. The van der Waals surface area contributed by atoms with Crippen molar-refractivity contribution >= 4 is 28.4 Å². The van der Waals surface area contributed by atoms with E-state index in [4.69, 9.17) is 18.0 Å². The van der Waals surface area contributed by atoms with Crippen molar-refractivity contribution in [3.8, 4) is 12.3 Å². The van der Waals surface area contributed by atoms with Crippen molar-refractivity contribution < 1.29 is 4.79 Å². The van der Waals surface area contributed by atoms with Crippen LogP contribution in [0.4, 0.5) is 0 Å². The number of terminal acetylenes is 1. The summed E-state index contributed by atoms with van der Waals surface area (Å²) in [6.45, 7) is 2.76. The third kappa shape index (κ3) is 3.99. The molecule has 0 aliphatic carbocycles. The molecule has 2 aromatic carbocycles. The quantitative estimate of drug-likeness (QED) is 0.514. The summed E-state index contributed by atoms with van der Waals surface area (Å²) in [5.41, 5.74) is 3.56. The zero-order chi connectivity index (χ0) is 17.8. The molecular weight excluding hydrogens is 332 g/mol. The summed E-state index contributed by atoms with van der Waals surface area (Å²) in [6.07, 6.45) is 5.46. The van der Waals surface area contributed by atoms with Gasteiger partial charge in [0.25, 0.3) is 5.91 Å². The predicted molar refractivity (Wildman–Crippen MR) is 102 cm³/mol. The second-order valence-corrected chi connectivity index (χ2v) is 6.28. The monoisotopic (exact) mass is 348 g/mol. The van der Waals surface area contributed by atoms with E-state index in [-0.39, 0.29) is 12.5 Å². The number of aryl methyl sites for hydroxylation is 1. The van der Waals surface area contributed by atoms with Crippen LogP contribution in [-0.4, -0.2) is 22.3 Å². The zero-order valence-corrected chi connectivity index (χ0v) is 14.6. The lowest BCUT2D eigenvalue weighted by Gasteiger charge is -2.21. The number of nitrogens with zero attached hydrogens (tertiary/aromatic N) is 2. The lowest BCUT2D eigenvalue weighted by molar-refractivity contribution is 0.0766. The van der Waals surface area contributed by atoms with Crippen molar-refractivity contribution in [2.45, 2.75) is 13.5 Å². The van der Waals surface area contributed by atoms with E-state index >= 15 is 0 Å². The highest BCUT2D eigenvalue weighted by atomic mass is 35.5. The molecule has 0 saturated heterocycles. The van der Waals surface area contributed by atoms with E-state index in [9.17, 15) is 4.79 Å². The largest absolute Gasteiger partial charge is 0.323 e. The molecule has 3 aromatic rings. The van der Waals surface area contributed by atoms with Crippen LogP contribution in [-0.2, 0) is 6.54 Å². The first kappa shape index (κ1) is 17.0. The average molecular weight is 349 g/mol. The Labute approximate surface area is 152 Å². The molecule has 1 aromatic heterocycles. The molecule has 1 amide bonds. The molecule has 0 unspecified atom stereocenters. The molecule has 0 N–H and O–H groups in total. The number of aromatic nitrogens is 1. The molecule has 3 nitrogen and oxygen atoms in total. The van der Waals surface area contributed by atoms with Crippen LogP contribution in [0.15, 0.2) is 54.6 Å². The van der Waals surface area contributed by atoms with Gasteiger partial charge in [0.05, 0.1) is 12.1 Å². The van der Waals surface area contributed by atoms with Gasteiger partial charge in [-0.1, -0.05) is 47.4 Å². The fourth-order valence-electron chi connectivity index (χ4n) is 2.64. The first-order valence-electron chi connectivity index (χ1n) is 7.91. The van der Waals surface area contributed by atoms with E-state index < -0.39 is 0 Å². The third-order valence-electron chi connectivity index (χ3n) is 3.97. The second kappa shape index (κ2) is 7.38. The van der Waals surface area contributed by atoms with Gasteiger partial charge in [0.2, 0.25) is 0 Å². The lowest BCUT2D eigenvalue weighted by Crippen LogP contribution is -2.30. The number of carbonyl (C=O) groups excluding carboxylic acids is 1. The fraction of sp³-hybridized carbons (Fsp3) is 0.143. The Morgan fingerprint density at radius 1 is 1.16 bits per heavy atom. The van der Waals surface area contributed by atoms with Crippen LogP contribution in [0.25, 0.3) is 10.9 Å². The van der Waals surface area contributed by atoms with E-state index in [1.807, 2.05) is 43.3 Å². The van der Waals surface area contributed by atoms with E-state index in [2.05, 4.69) is 10.9 Å². The minimum absolute atomic E-state index is 0.102. The summed E-state index contributed by atoms with van der Waals surface area (Å²) in [6, 6.07) is 17.0. The highest BCUT2D eigenvalue weighted by Crippen LogP contribution is 2.19. The molecule has 4 heteroatoms. The number of carbonyl (C=O) groups is 1. The molecule has 25 heavy (non-hydrogen) atoms. The molecular formula is C21H17ClN2O. The van der Waals surface area contributed by atoms with Gasteiger partial charge < -0.3 is 4.90 Å². The molecule has 124 valence electrons. The fourth-order valence-corrected chi connectivity index (χ4v) is 2.79. The molecule has 1 heterocycles. The predicted octanol–water partition coefficient (Wildman–Crippen LogP) is 4.47. The van der Waals surface area contributed by atoms with Gasteiger partial charge in [-0.05, 0) is 42.8 Å². The van der Waals surface area contributed by atoms with Gasteiger partial charge in [-0.25, -0.2) is 4.98 Å². The van der Waals surface area contributed by atoms with Gasteiger partial charge in [0.15, 0.2) is 0 Å². The Morgan fingerprint density at radius 2 is 1.92 bits per heavy atom. The number of hydrogen-bond acceptors (Lipinski definition) is 2. The Kier molecular flexibility index (Phi) is 5.02. The van der Waals surface area contributed by atoms with E-state index in [1.165, 1.54) is 5.56 Å². The number of pyridine rings is 1. The topological polar surface area (TPSA) is 33.2 Å². The molecule has 0 aliphatic rings. The Bertz CT molecular complexity index is 958. The van der Waals surface area contributed by atoms with E-state index in [1.54, 1.807) is 23.1 Å². The van der Waals surface area contributed by atoms with Gasteiger partial charge in [-0.3, -0.25) is 4.79 Å². The van der Waals surface area contributed by atoms with Crippen LogP contribution in [0.5, 0.6) is 0 Å². The highest BCUT2D eigenvalue weighted by molar-refractivity contribution is 6.29. The van der Waals surface area contributed by atoms with Crippen LogP contribution in [0.3, 0.4) is 0 Å². The lowest BCUT2D eigenvalue weighted by atomic mass is 10.1. The van der Waals surface area contributed by atoms with Crippen LogP contribution >= 0.6 is 11.6 Å². The standard InChI is InChI=1S/C21H17ClN2O/c1-3-12-24(14-16-6-4-15(2)5-7-16)21(25)18-8-10-19-17(13-18)9-11-20(22)23-19/h1,4-11,13H,12,14H2,2H3. The Morgan fingerprint density at radius 3 is 2.64 bits per heavy atom. The van der Waals surface area contributed by atoms with E-state index in [0.29, 0.717) is 17.3 Å². The van der Waals surface area contributed by atoms with Gasteiger partial charge in [-0.15, -0.1) is 6.42 Å². The maximum absolute atomic E-state index is 12.9. The van der Waals surface area contributed by atoms with Crippen molar-refractivity contribution in [1.29, 1.82) is 0 Å². The highest BCUT2D eigenvalue weighted by Gasteiger charge is 2.16. The van der Waals surface area contributed by atoms with Crippen LogP contribution in [0.2, 0.25) is 5.15 Å². The summed E-state index contributed by atoms with van der Waals surface area (Å²) in [5, 5.41) is 1.30. The number of amides is 1. The summed E-state index contributed by atoms with van der Waals surface area (Å²) in [5.74, 6) is 2.47. The Hall–Kier alpha value is -2.83. The maximum Gasteiger partial charge on any atom is 0.254 e. The van der Waals surface area contributed by atoms with Crippen LogP contribution < -0.4 is 0 Å². The maximum atomic E-state index is 12.9. The van der Waals surface area contributed by atoms with Gasteiger partial charge >= 0.3 is 0 Å². The molecule has 0 spiro atoms. The number of fused-ring (bicyclic) bond motifs is 1. The van der Waals surface area contributed by atoms with Gasteiger partial charge in [0, 0.05) is 17.5 Å². The van der Waals surface area contributed by atoms with Crippen molar-refractivity contribution in [3.63, 3.8) is 0 Å². The average Bonchev–Trinajstić information content (AvgIpc) is 2.62.